The Morgan fingerprint density at radius 1 is 1.12 bits per heavy atom. The van der Waals surface area contributed by atoms with Crippen LogP contribution in [0.25, 0.3) is 0 Å². The number of rotatable bonds is 6. The van der Waals surface area contributed by atoms with Crippen molar-refractivity contribution in [3.8, 4) is 0 Å². The highest BCUT2D eigenvalue weighted by molar-refractivity contribution is 5.92. The molecular weight excluding hydrogens is 304 g/mol. The summed E-state index contributed by atoms with van der Waals surface area (Å²) in [5.74, 6) is 0.697. The predicted molar refractivity (Wildman–Crippen MR) is 89.7 cm³/mol. The summed E-state index contributed by atoms with van der Waals surface area (Å²) >= 11 is 0. The van der Waals surface area contributed by atoms with Crippen molar-refractivity contribution in [2.24, 2.45) is 5.92 Å². The third kappa shape index (κ3) is 3.79. The Balaban J connectivity index is 1.43. The number of ether oxygens (including phenoxy) is 1. The first-order valence-electron chi connectivity index (χ1n) is 9.62. The van der Waals surface area contributed by atoms with Crippen LogP contribution in [0, 0.1) is 5.92 Å². The summed E-state index contributed by atoms with van der Waals surface area (Å²) in [5.41, 5.74) is 0.499. The van der Waals surface area contributed by atoms with Crippen LogP contribution < -0.4 is 0 Å². The van der Waals surface area contributed by atoms with Gasteiger partial charge in [-0.2, -0.15) is 0 Å². The molecule has 24 heavy (non-hydrogen) atoms. The predicted octanol–water partition coefficient (Wildman–Crippen LogP) is 2.81. The Morgan fingerprint density at radius 3 is 2.67 bits per heavy atom. The molecule has 0 radical (unpaired) electrons. The lowest BCUT2D eigenvalue weighted by Gasteiger charge is -2.24. The lowest BCUT2D eigenvalue weighted by atomic mass is 9.96. The Bertz CT molecular complexity index is 557. The normalized spacial score (nSPS) is 25.1. The molecule has 4 rings (SSSR count). The van der Waals surface area contributed by atoms with Gasteiger partial charge in [-0.25, -0.2) is 4.68 Å². The smallest absolute Gasteiger partial charge is 0.276 e. The molecule has 3 fully saturated rings. The van der Waals surface area contributed by atoms with Crippen molar-refractivity contribution in [3.63, 3.8) is 0 Å². The van der Waals surface area contributed by atoms with E-state index in [0.717, 1.165) is 38.8 Å². The van der Waals surface area contributed by atoms with Crippen LogP contribution in [0.5, 0.6) is 0 Å². The molecule has 2 saturated carbocycles. The van der Waals surface area contributed by atoms with E-state index < -0.39 is 0 Å². The maximum absolute atomic E-state index is 12.9. The first-order chi connectivity index (χ1) is 11.8. The number of nitrogens with zero attached hydrogens (tertiary/aromatic N) is 4. The molecule has 0 spiro atoms. The van der Waals surface area contributed by atoms with Crippen LogP contribution in [-0.4, -0.2) is 51.6 Å². The fourth-order valence-electron chi connectivity index (χ4n) is 3.95. The van der Waals surface area contributed by atoms with Crippen LogP contribution in [0.2, 0.25) is 0 Å². The zero-order chi connectivity index (χ0) is 16.4. The van der Waals surface area contributed by atoms with Crippen molar-refractivity contribution >= 4 is 5.91 Å². The number of carbonyl (C=O) groups is 1. The van der Waals surface area contributed by atoms with Crippen LogP contribution in [0.1, 0.15) is 74.3 Å². The monoisotopic (exact) mass is 332 g/mol. The van der Waals surface area contributed by atoms with Gasteiger partial charge >= 0.3 is 0 Å². The molecule has 132 valence electrons. The number of hydrogen-bond acceptors (Lipinski definition) is 4. The summed E-state index contributed by atoms with van der Waals surface area (Å²) in [6.07, 6.45) is 12.8. The highest BCUT2D eigenvalue weighted by atomic mass is 16.5. The maximum atomic E-state index is 12.9. The largest absolute Gasteiger partial charge is 0.376 e. The molecule has 2 aliphatic carbocycles. The molecule has 1 aliphatic heterocycles. The highest BCUT2D eigenvalue weighted by Crippen LogP contribution is 2.31. The van der Waals surface area contributed by atoms with Crippen LogP contribution in [0.3, 0.4) is 0 Å². The van der Waals surface area contributed by atoms with Gasteiger partial charge < -0.3 is 9.64 Å². The first-order valence-corrected chi connectivity index (χ1v) is 9.62. The summed E-state index contributed by atoms with van der Waals surface area (Å²) in [7, 11) is 0. The minimum absolute atomic E-state index is 0.0273. The summed E-state index contributed by atoms with van der Waals surface area (Å²) in [4.78, 5) is 14.9. The fourth-order valence-corrected chi connectivity index (χ4v) is 3.95. The second-order valence-electron chi connectivity index (χ2n) is 7.66. The van der Waals surface area contributed by atoms with E-state index in [9.17, 15) is 4.79 Å². The van der Waals surface area contributed by atoms with Crippen molar-refractivity contribution in [2.75, 3.05) is 19.7 Å². The van der Waals surface area contributed by atoms with E-state index in [-0.39, 0.29) is 12.0 Å². The third-order valence-corrected chi connectivity index (χ3v) is 5.59. The van der Waals surface area contributed by atoms with Gasteiger partial charge in [0.05, 0.1) is 18.3 Å². The minimum atomic E-state index is 0.0273. The molecule has 6 heteroatoms. The van der Waals surface area contributed by atoms with Gasteiger partial charge in [0.1, 0.15) is 0 Å². The van der Waals surface area contributed by atoms with Crippen LogP contribution in [0.15, 0.2) is 6.20 Å². The number of aromatic nitrogens is 3. The van der Waals surface area contributed by atoms with Gasteiger partial charge in [-0.15, -0.1) is 5.10 Å². The molecule has 1 atom stereocenters. The lowest BCUT2D eigenvalue weighted by Crippen LogP contribution is -2.39. The summed E-state index contributed by atoms with van der Waals surface area (Å²) in [6.45, 7) is 2.37. The second kappa shape index (κ2) is 7.21. The van der Waals surface area contributed by atoms with E-state index in [1.165, 1.54) is 32.1 Å². The standard InChI is InChI=1S/C18H28N4O2/c23-18(17-13-22(20-19-17)15-5-2-1-3-6-15)21(11-14-8-9-14)12-16-7-4-10-24-16/h13-16H,1-12H2/t16-/m0/s1. The van der Waals surface area contributed by atoms with Gasteiger partial charge in [0.25, 0.3) is 5.91 Å². The quantitative estimate of drug-likeness (QED) is 0.804. The minimum Gasteiger partial charge on any atom is -0.376 e. The van der Waals surface area contributed by atoms with Crippen LogP contribution >= 0.6 is 0 Å². The van der Waals surface area contributed by atoms with Gasteiger partial charge in [-0.1, -0.05) is 24.5 Å². The van der Waals surface area contributed by atoms with E-state index in [1.54, 1.807) is 0 Å². The van der Waals surface area contributed by atoms with Crippen LogP contribution in [-0.2, 0) is 4.74 Å². The number of hydrogen-bond donors (Lipinski definition) is 0. The van der Waals surface area contributed by atoms with E-state index in [0.29, 0.717) is 24.2 Å². The molecule has 0 unspecified atom stereocenters. The number of amides is 1. The van der Waals surface area contributed by atoms with Gasteiger partial charge in [0.15, 0.2) is 5.69 Å². The molecule has 0 bridgehead atoms. The molecule has 1 amide bonds. The highest BCUT2D eigenvalue weighted by Gasteiger charge is 2.31. The molecular formula is C18H28N4O2. The number of carbonyl (C=O) groups excluding carboxylic acids is 1. The van der Waals surface area contributed by atoms with Gasteiger partial charge in [0.2, 0.25) is 0 Å². The molecule has 1 aromatic heterocycles. The molecule has 1 saturated heterocycles. The second-order valence-corrected chi connectivity index (χ2v) is 7.66. The van der Waals surface area contributed by atoms with Crippen molar-refractivity contribution in [1.82, 2.24) is 19.9 Å². The van der Waals surface area contributed by atoms with E-state index in [2.05, 4.69) is 10.3 Å². The Morgan fingerprint density at radius 2 is 1.96 bits per heavy atom. The van der Waals surface area contributed by atoms with Crippen molar-refractivity contribution < 1.29 is 9.53 Å². The average Bonchev–Trinajstić information content (AvgIpc) is 3.09. The zero-order valence-corrected chi connectivity index (χ0v) is 14.4. The SMILES string of the molecule is O=C(c1cn(C2CCCCC2)nn1)N(CC1CC1)C[C@@H]1CCCO1. The Hall–Kier alpha value is -1.43. The average molecular weight is 332 g/mol. The van der Waals surface area contributed by atoms with Crippen LogP contribution in [0.4, 0.5) is 0 Å². The summed E-state index contributed by atoms with van der Waals surface area (Å²) in [5, 5.41) is 8.45. The van der Waals surface area contributed by atoms with Gasteiger partial charge in [-0.3, -0.25) is 4.79 Å². The maximum Gasteiger partial charge on any atom is 0.276 e. The lowest BCUT2D eigenvalue weighted by molar-refractivity contribution is 0.0510. The Labute approximate surface area is 143 Å². The Kier molecular flexibility index (Phi) is 4.83. The first kappa shape index (κ1) is 16.1. The molecule has 1 aromatic rings. The van der Waals surface area contributed by atoms with E-state index >= 15 is 0 Å². The van der Waals surface area contributed by atoms with Crippen molar-refractivity contribution in [3.05, 3.63) is 11.9 Å². The topological polar surface area (TPSA) is 60.2 Å². The fraction of sp³-hybridized carbons (Fsp3) is 0.833. The zero-order valence-electron chi connectivity index (χ0n) is 14.4. The summed E-state index contributed by atoms with van der Waals surface area (Å²) in [6, 6.07) is 0.419. The van der Waals surface area contributed by atoms with E-state index in [1.807, 2.05) is 15.8 Å². The summed E-state index contributed by atoms with van der Waals surface area (Å²) < 4.78 is 7.66. The molecule has 0 aromatic carbocycles. The molecule has 0 N–H and O–H groups in total. The molecule has 6 nitrogen and oxygen atoms in total. The molecule has 3 aliphatic rings. The van der Waals surface area contributed by atoms with Gasteiger partial charge in [-0.05, 0) is 44.4 Å². The van der Waals surface area contributed by atoms with E-state index in [4.69, 9.17) is 4.74 Å². The van der Waals surface area contributed by atoms with Crippen molar-refractivity contribution in [2.45, 2.75) is 69.9 Å². The van der Waals surface area contributed by atoms with Gasteiger partial charge in [0, 0.05) is 19.7 Å². The third-order valence-electron chi connectivity index (χ3n) is 5.59. The molecule has 2 heterocycles. The van der Waals surface area contributed by atoms with Crippen molar-refractivity contribution in [1.29, 1.82) is 0 Å².